The second-order valence-corrected chi connectivity index (χ2v) is 6.52. The van der Waals surface area contributed by atoms with Gasteiger partial charge in [-0.15, -0.1) is 11.3 Å². The van der Waals surface area contributed by atoms with Crippen molar-refractivity contribution in [1.29, 1.82) is 0 Å². The molecule has 0 aliphatic rings. The van der Waals surface area contributed by atoms with E-state index in [1.165, 1.54) is 0 Å². The van der Waals surface area contributed by atoms with Gasteiger partial charge < -0.3 is 11.1 Å². The SMILES string of the molecule is CC(C)(CCCN)C(=O)NCc1nc2cnccc2s1. The molecule has 3 N–H and O–H groups in total. The van der Waals surface area contributed by atoms with Crippen LogP contribution in [0.15, 0.2) is 18.5 Å². The Hall–Kier alpha value is -1.53. The molecule has 5 nitrogen and oxygen atoms in total. The Bertz CT molecular complexity index is 561. The molecule has 6 heteroatoms. The van der Waals surface area contributed by atoms with Crippen LogP contribution in [0.5, 0.6) is 0 Å². The Morgan fingerprint density at radius 3 is 3.00 bits per heavy atom. The maximum atomic E-state index is 12.2. The quantitative estimate of drug-likeness (QED) is 0.854. The second-order valence-electron chi connectivity index (χ2n) is 5.41. The maximum Gasteiger partial charge on any atom is 0.226 e. The van der Waals surface area contributed by atoms with Gasteiger partial charge in [0.1, 0.15) is 5.01 Å². The van der Waals surface area contributed by atoms with Crippen LogP contribution < -0.4 is 11.1 Å². The molecule has 0 unspecified atom stereocenters. The fraction of sp³-hybridized carbons (Fsp3) is 0.500. The zero-order valence-corrected chi connectivity index (χ0v) is 12.7. The molecule has 0 spiro atoms. The van der Waals surface area contributed by atoms with Crippen LogP contribution in [0.25, 0.3) is 10.2 Å². The number of nitrogens with zero attached hydrogens (tertiary/aromatic N) is 2. The largest absolute Gasteiger partial charge is 0.349 e. The zero-order valence-electron chi connectivity index (χ0n) is 11.8. The predicted molar refractivity (Wildman–Crippen MR) is 81.3 cm³/mol. The van der Waals surface area contributed by atoms with E-state index >= 15 is 0 Å². The summed E-state index contributed by atoms with van der Waals surface area (Å²) in [6.07, 6.45) is 5.13. The zero-order chi connectivity index (χ0) is 14.6. The lowest BCUT2D eigenvalue weighted by molar-refractivity contribution is -0.129. The average Bonchev–Trinajstić information content (AvgIpc) is 2.85. The minimum Gasteiger partial charge on any atom is -0.349 e. The topological polar surface area (TPSA) is 80.9 Å². The summed E-state index contributed by atoms with van der Waals surface area (Å²) < 4.78 is 1.09. The summed E-state index contributed by atoms with van der Waals surface area (Å²) >= 11 is 1.58. The number of carbonyl (C=O) groups excluding carboxylic acids is 1. The fourth-order valence-corrected chi connectivity index (χ4v) is 2.83. The minimum absolute atomic E-state index is 0.0448. The Balaban J connectivity index is 1.95. The van der Waals surface area contributed by atoms with E-state index in [9.17, 15) is 4.79 Å². The number of thiazole rings is 1. The van der Waals surface area contributed by atoms with Crippen LogP contribution in [0.2, 0.25) is 0 Å². The van der Waals surface area contributed by atoms with Crippen molar-refractivity contribution in [3.8, 4) is 0 Å². The number of aromatic nitrogens is 2. The van der Waals surface area contributed by atoms with E-state index in [4.69, 9.17) is 5.73 Å². The molecular formula is C14H20N4OS. The van der Waals surface area contributed by atoms with Crippen molar-refractivity contribution in [3.05, 3.63) is 23.5 Å². The third kappa shape index (κ3) is 3.52. The van der Waals surface area contributed by atoms with Gasteiger partial charge in [-0.1, -0.05) is 13.8 Å². The summed E-state index contributed by atoms with van der Waals surface area (Å²) in [7, 11) is 0. The molecule has 0 aliphatic carbocycles. The summed E-state index contributed by atoms with van der Waals surface area (Å²) in [5, 5.41) is 3.86. The lowest BCUT2D eigenvalue weighted by atomic mass is 9.87. The number of rotatable bonds is 6. The first kappa shape index (κ1) is 14.9. The van der Waals surface area contributed by atoms with Crippen LogP contribution in [0, 0.1) is 5.41 Å². The van der Waals surface area contributed by atoms with E-state index in [0.717, 1.165) is 28.1 Å². The molecule has 0 radical (unpaired) electrons. The van der Waals surface area contributed by atoms with Crippen molar-refractivity contribution in [2.45, 2.75) is 33.2 Å². The Labute approximate surface area is 122 Å². The number of nitrogens with two attached hydrogens (primary N) is 1. The van der Waals surface area contributed by atoms with Gasteiger partial charge in [-0.2, -0.15) is 0 Å². The number of hydrogen-bond donors (Lipinski definition) is 2. The molecule has 0 atom stereocenters. The molecule has 0 saturated heterocycles. The first-order valence-electron chi connectivity index (χ1n) is 6.71. The van der Waals surface area contributed by atoms with E-state index in [-0.39, 0.29) is 5.91 Å². The second kappa shape index (κ2) is 6.28. The highest BCUT2D eigenvalue weighted by Crippen LogP contribution is 2.23. The average molecular weight is 292 g/mol. The minimum atomic E-state index is -0.391. The van der Waals surface area contributed by atoms with Crippen molar-refractivity contribution in [1.82, 2.24) is 15.3 Å². The molecule has 0 aromatic carbocycles. The van der Waals surface area contributed by atoms with Crippen LogP contribution in [0.3, 0.4) is 0 Å². The molecule has 0 aliphatic heterocycles. The Morgan fingerprint density at radius 2 is 2.30 bits per heavy atom. The molecule has 2 aromatic rings. The van der Waals surface area contributed by atoms with Crippen LogP contribution in [-0.4, -0.2) is 22.4 Å². The van der Waals surface area contributed by atoms with E-state index in [0.29, 0.717) is 13.1 Å². The summed E-state index contributed by atoms with van der Waals surface area (Å²) in [5.41, 5.74) is 5.99. The first-order valence-corrected chi connectivity index (χ1v) is 7.52. The third-order valence-electron chi connectivity index (χ3n) is 3.25. The number of nitrogens with one attached hydrogen (secondary N) is 1. The molecule has 1 amide bonds. The number of amides is 1. The summed E-state index contributed by atoms with van der Waals surface area (Å²) in [6.45, 7) is 4.96. The Morgan fingerprint density at radius 1 is 1.50 bits per heavy atom. The molecule has 20 heavy (non-hydrogen) atoms. The van der Waals surface area contributed by atoms with Crippen molar-refractivity contribution in [2.24, 2.45) is 11.1 Å². The lowest BCUT2D eigenvalue weighted by Crippen LogP contribution is -2.36. The number of pyridine rings is 1. The molecule has 2 rings (SSSR count). The van der Waals surface area contributed by atoms with Crippen molar-refractivity contribution < 1.29 is 4.79 Å². The molecule has 0 bridgehead atoms. The standard InChI is InChI=1S/C14H20N4OS/c1-14(2,5-3-6-15)13(19)17-9-12-18-10-8-16-7-4-11(10)20-12/h4,7-8H,3,5-6,9,15H2,1-2H3,(H,17,19). The van der Waals surface area contributed by atoms with Crippen LogP contribution in [-0.2, 0) is 11.3 Å². The van der Waals surface area contributed by atoms with Gasteiger partial charge in [0.2, 0.25) is 5.91 Å². The summed E-state index contributed by atoms with van der Waals surface area (Å²) in [4.78, 5) is 20.7. The van der Waals surface area contributed by atoms with Gasteiger partial charge in [0.05, 0.1) is 23.0 Å². The smallest absolute Gasteiger partial charge is 0.226 e. The molecule has 2 aromatic heterocycles. The summed E-state index contributed by atoms with van der Waals surface area (Å²) in [6, 6.07) is 1.93. The predicted octanol–water partition coefficient (Wildman–Crippen LogP) is 2.07. The van der Waals surface area contributed by atoms with Gasteiger partial charge in [0.25, 0.3) is 0 Å². The van der Waals surface area contributed by atoms with Gasteiger partial charge in [0, 0.05) is 11.6 Å². The van der Waals surface area contributed by atoms with E-state index in [1.807, 2.05) is 19.9 Å². The van der Waals surface area contributed by atoms with Crippen molar-refractivity contribution in [3.63, 3.8) is 0 Å². The van der Waals surface area contributed by atoms with E-state index < -0.39 is 5.41 Å². The number of carbonyl (C=O) groups is 1. The Kier molecular flexibility index (Phi) is 4.67. The van der Waals surface area contributed by atoms with E-state index in [2.05, 4.69) is 15.3 Å². The maximum absolute atomic E-state index is 12.2. The van der Waals surface area contributed by atoms with Crippen LogP contribution in [0.1, 0.15) is 31.7 Å². The van der Waals surface area contributed by atoms with E-state index in [1.54, 1.807) is 23.7 Å². The molecular weight excluding hydrogens is 272 g/mol. The molecule has 2 heterocycles. The van der Waals surface area contributed by atoms with Gasteiger partial charge in [-0.05, 0) is 25.5 Å². The van der Waals surface area contributed by atoms with Crippen molar-refractivity contribution >= 4 is 27.5 Å². The highest BCUT2D eigenvalue weighted by molar-refractivity contribution is 7.18. The highest BCUT2D eigenvalue weighted by atomic mass is 32.1. The van der Waals surface area contributed by atoms with Crippen LogP contribution in [0.4, 0.5) is 0 Å². The van der Waals surface area contributed by atoms with Crippen LogP contribution >= 0.6 is 11.3 Å². The monoisotopic (exact) mass is 292 g/mol. The molecule has 0 fully saturated rings. The molecule has 108 valence electrons. The third-order valence-corrected chi connectivity index (χ3v) is 4.29. The molecule has 0 saturated carbocycles. The summed E-state index contributed by atoms with van der Waals surface area (Å²) in [5.74, 6) is 0.0448. The van der Waals surface area contributed by atoms with Gasteiger partial charge in [-0.3, -0.25) is 9.78 Å². The van der Waals surface area contributed by atoms with Gasteiger partial charge >= 0.3 is 0 Å². The van der Waals surface area contributed by atoms with Crippen molar-refractivity contribution in [2.75, 3.05) is 6.54 Å². The fourth-order valence-electron chi connectivity index (χ4n) is 1.96. The lowest BCUT2D eigenvalue weighted by Gasteiger charge is -2.22. The first-order chi connectivity index (χ1) is 9.53. The number of fused-ring (bicyclic) bond motifs is 1. The normalized spacial score (nSPS) is 11.8. The van der Waals surface area contributed by atoms with Gasteiger partial charge in [0.15, 0.2) is 0 Å². The number of hydrogen-bond acceptors (Lipinski definition) is 5. The van der Waals surface area contributed by atoms with Gasteiger partial charge in [-0.25, -0.2) is 4.98 Å². The highest BCUT2D eigenvalue weighted by Gasteiger charge is 2.26.